The van der Waals surface area contributed by atoms with Gasteiger partial charge in [-0.3, -0.25) is 4.79 Å². The van der Waals surface area contributed by atoms with Crippen LogP contribution in [0, 0.1) is 5.92 Å². The van der Waals surface area contributed by atoms with E-state index >= 15 is 0 Å². The second-order valence-electron chi connectivity index (χ2n) is 6.52. The number of carbonyl (C=O) groups excluding carboxylic acids is 1. The van der Waals surface area contributed by atoms with Crippen molar-refractivity contribution in [1.29, 1.82) is 0 Å². The molecule has 1 saturated carbocycles. The Balaban J connectivity index is 1.73. The third-order valence-electron chi connectivity index (χ3n) is 5.03. The first kappa shape index (κ1) is 15.8. The number of rotatable bonds is 5. The van der Waals surface area contributed by atoms with Gasteiger partial charge in [0.05, 0.1) is 11.5 Å². The molecule has 3 N–H and O–H groups in total. The molecule has 1 amide bonds. The average molecular weight is 308 g/mol. The van der Waals surface area contributed by atoms with E-state index in [4.69, 9.17) is 5.73 Å². The molecule has 0 radical (unpaired) electrons. The number of hydrogen-bond donors (Lipinski definition) is 2. The first-order valence-electron chi connectivity index (χ1n) is 8.30. The van der Waals surface area contributed by atoms with Crippen LogP contribution in [0.2, 0.25) is 0 Å². The molecule has 3 nitrogen and oxygen atoms in total. The predicted octanol–water partition coefficient (Wildman–Crippen LogP) is 3.52. The van der Waals surface area contributed by atoms with E-state index in [2.05, 4.69) is 17.4 Å². The highest BCUT2D eigenvalue weighted by atomic mass is 16.2. The van der Waals surface area contributed by atoms with Crippen LogP contribution >= 0.6 is 0 Å². The maximum Gasteiger partial charge on any atom is 0.225 e. The average Bonchev–Trinajstić information content (AvgIpc) is 2.58. The molecule has 2 unspecified atom stereocenters. The summed E-state index contributed by atoms with van der Waals surface area (Å²) in [7, 11) is 0. The molecule has 2 aromatic carbocycles. The second-order valence-corrected chi connectivity index (χ2v) is 6.52. The first-order chi connectivity index (χ1) is 11.1. The first-order valence-corrected chi connectivity index (χ1v) is 8.30. The summed E-state index contributed by atoms with van der Waals surface area (Å²) in [6.07, 6.45) is 3.14. The lowest BCUT2D eigenvalue weighted by Gasteiger charge is -2.44. The molecule has 0 bridgehead atoms. The topological polar surface area (TPSA) is 55.1 Å². The molecule has 1 fully saturated rings. The van der Waals surface area contributed by atoms with Gasteiger partial charge in [-0.15, -0.1) is 0 Å². The molecular formula is C20H24N2O. The van der Waals surface area contributed by atoms with Crippen LogP contribution in [0.5, 0.6) is 0 Å². The van der Waals surface area contributed by atoms with Gasteiger partial charge in [0.15, 0.2) is 0 Å². The molecule has 0 spiro atoms. The smallest absolute Gasteiger partial charge is 0.225 e. The van der Waals surface area contributed by atoms with E-state index in [9.17, 15) is 4.79 Å². The Hall–Kier alpha value is -2.13. The summed E-state index contributed by atoms with van der Waals surface area (Å²) in [5, 5.41) is 3.28. The molecular weight excluding hydrogens is 284 g/mol. The number of nitrogens with one attached hydrogen (secondary N) is 1. The van der Waals surface area contributed by atoms with Crippen molar-refractivity contribution >= 4 is 5.91 Å². The van der Waals surface area contributed by atoms with Gasteiger partial charge in [-0.05, 0) is 30.4 Å². The Morgan fingerprint density at radius 2 is 1.61 bits per heavy atom. The summed E-state index contributed by atoms with van der Waals surface area (Å²) in [5.41, 5.74) is 8.28. The quantitative estimate of drug-likeness (QED) is 0.888. The minimum Gasteiger partial charge on any atom is -0.346 e. The third kappa shape index (κ3) is 3.15. The van der Waals surface area contributed by atoms with Crippen molar-refractivity contribution in [3.05, 3.63) is 71.8 Å². The van der Waals surface area contributed by atoms with Crippen LogP contribution in [-0.4, -0.2) is 5.91 Å². The maximum atomic E-state index is 12.7. The Morgan fingerprint density at radius 1 is 1.04 bits per heavy atom. The summed E-state index contributed by atoms with van der Waals surface area (Å²) >= 11 is 0. The van der Waals surface area contributed by atoms with E-state index in [1.54, 1.807) is 0 Å². The zero-order valence-electron chi connectivity index (χ0n) is 13.5. The number of hydrogen-bond acceptors (Lipinski definition) is 2. The fourth-order valence-electron chi connectivity index (χ4n) is 3.25. The van der Waals surface area contributed by atoms with Crippen molar-refractivity contribution in [2.24, 2.45) is 11.7 Å². The fourth-order valence-corrected chi connectivity index (χ4v) is 3.25. The molecule has 2 aromatic rings. The Bertz CT molecular complexity index is 650. The van der Waals surface area contributed by atoms with Crippen LogP contribution in [0.1, 0.15) is 43.4 Å². The van der Waals surface area contributed by atoms with Crippen molar-refractivity contribution in [3.8, 4) is 0 Å². The van der Waals surface area contributed by atoms with Gasteiger partial charge in [-0.1, -0.05) is 67.6 Å². The zero-order valence-corrected chi connectivity index (χ0v) is 13.5. The Morgan fingerprint density at radius 3 is 2.13 bits per heavy atom. The lowest BCUT2D eigenvalue weighted by atomic mass is 9.71. The second kappa shape index (κ2) is 6.55. The molecule has 120 valence electrons. The van der Waals surface area contributed by atoms with Crippen LogP contribution in [0.4, 0.5) is 0 Å². The van der Waals surface area contributed by atoms with E-state index in [1.807, 2.05) is 55.5 Å². The van der Waals surface area contributed by atoms with E-state index in [0.29, 0.717) is 0 Å². The van der Waals surface area contributed by atoms with Gasteiger partial charge in [-0.25, -0.2) is 0 Å². The van der Waals surface area contributed by atoms with E-state index in [0.717, 1.165) is 24.8 Å². The molecule has 3 heteroatoms. The van der Waals surface area contributed by atoms with Crippen molar-refractivity contribution in [1.82, 2.24) is 5.32 Å². The van der Waals surface area contributed by atoms with Crippen LogP contribution in [0.15, 0.2) is 60.7 Å². The van der Waals surface area contributed by atoms with Gasteiger partial charge in [0.2, 0.25) is 5.91 Å². The molecule has 0 heterocycles. The fraction of sp³-hybridized carbons (Fsp3) is 0.350. The van der Waals surface area contributed by atoms with Crippen molar-refractivity contribution in [2.45, 2.75) is 37.8 Å². The van der Waals surface area contributed by atoms with E-state index < -0.39 is 0 Å². The maximum absolute atomic E-state index is 12.7. The summed E-state index contributed by atoms with van der Waals surface area (Å²) in [5.74, 6) is -0.233. The normalized spacial score (nSPS) is 18.5. The van der Waals surface area contributed by atoms with Gasteiger partial charge in [0.25, 0.3) is 0 Å². The summed E-state index contributed by atoms with van der Waals surface area (Å²) in [6, 6.07) is 19.8. The van der Waals surface area contributed by atoms with Crippen molar-refractivity contribution < 1.29 is 4.79 Å². The lowest BCUT2D eigenvalue weighted by molar-refractivity contribution is -0.128. The Labute approximate surface area is 137 Å². The van der Waals surface area contributed by atoms with Gasteiger partial charge in [0, 0.05) is 6.04 Å². The molecule has 0 aromatic heterocycles. The monoisotopic (exact) mass is 308 g/mol. The number of carbonyl (C=O) groups is 1. The molecule has 0 saturated heterocycles. The minimum absolute atomic E-state index is 0.0323. The molecule has 23 heavy (non-hydrogen) atoms. The zero-order chi connectivity index (χ0) is 16.3. The lowest BCUT2D eigenvalue weighted by Crippen LogP contribution is -2.53. The van der Waals surface area contributed by atoms with Gasteiger partial charge in [-0.2, -0.15) is 0 Å². The van der Waals surface area contributed by atoms with Gasteiger partial charge < -0.3 is 11.1 Å². The molecule has 1 aliphatic carbocycles. The SMILES string of the molecule is CC(C(=O)NC1(c2ccccc2)CCC1)C(N)c1ccccc1. The number of nitrogens with two attached hydrogens (primary N) is 1. The van der Waals surface area contributed by atoms with Crippen LogP contribution < -0.4 is 11.1 Å². The van der Waals surface area contributed by atoms with Gasteiger partial charge in [0.1, 0.15) is 0 Å². The summed E-state index contributed by atoms with van der Waals surface area (Å²) in [4.78, 5) is 12.7. The van der Waals surface area contributed by atoms with Crippen molar-refractivity contribution in [3.63, 3.8) is 0 Å². The van der Waals surface area contributed by atoms with Gasteiger partial charge >= 0.3 is 0 Å². The molecule has 0 aliphatic heterocycles. The number of amides is 1. The van der Waals surface area contributed by atoms with Crippen LogP contribution in [-0.2, 0) is 10.3 Å². The summed E-state index contributed by atoms with van der Waals surface area (Å²) < 4.78 is 0. The molecule has 2 atom stereocenters. The van der Waals surface area contributed by atoms with Crippen LogP contribution in [0.3, 0.4) is 0 Å². The highest BCUT2D eigenvalue weighted by Gasteiger charge is 2.41. The standard InChI is InChI=1S/C20H24N2O/c1-15(18(21)16-9-4-2-5-10-16)19(23)22-20(13-8-14-20)17-11-6-3-7-12-17/h2-7,9-12,15,18H,8,13-14,21H2,1H3,(H,22,23). The predicted molar refractivity (Wildman–Crippen MR) is 92.6 cm³/mol. The highest BCUT2D eigenvalue weighted by Crippen LogP contribution is 2.41. The highest BCUT2D eigenvalue weighted by molar-refractivity contribution is 5.80. The van der Waals surface area contributed by atoms with E-state index in [1.165, 1.54) is 5.56 Å². The largest absolute Gasteiger partial charge is 0.346 e. The Kier molecular flexibility index (Phi) is 4.49. The van der Waals surface area contributed by atoms with E-state index in [-0.39, 0.29) is 23.4 Å². The minimum atomic E-state index is -0.288. The van der Waals surface area contributed by atoms with Crippen LogP contribution in [0.25, 0.3) is 0 Å². The molecule has 1 aliphatic rings. The summed E-state index contributed by atoms with van der Waals surface area (Å²) in [6.45, 7) is 1.91. The molecule has 3 rings (SSSR count). The van der Waals surface area contributed by atoms with Crippen molar-refractivity contribution in [2.75, 3.05) is 0 Å². The third-order valence-corrected chi connectivity index (χ3v) is 5.03. The number of benzene rings is 2.